The Bertz CT molecular complexity index is 241. The van der Waals surface area contributed by atoms with Crippen LogP contribution in [-0.4, -0.2) is 39.6 Å². The van der Waals surface area contributed by atoms with Crippen molar-refractivity contribution in [2.45, 2.75) is 37.7 Å². The Morgan fingerprint density at radius 2 is 2.07 bits per heavy atom. The topological polar surface area (TPSA) is 20.3 Å². The number of thiol groups is 1. The minimum Gasteiger partial charge on any atom is -0.340 e. The standard InChI is InChI=1S/C11H21NOS2/c1-8(2)9(14)10(13)12-5-6-15-11(3,4)7-12/h8-9,14H,5-7H2,1-4H3. The number of rotatable bonds is 2. The van der Waals surface area contributed by atoms with Crippen molar-refractivity contribution in [1.82, 2.24) is 4.90 Å². The van der Waals surface area contributed by atoms with E-state index in [1.54, 1.807) is 0 Å². The van der Waals surface area contributed by atoms with Gasteiger partial charge in [-0.3, -0.25) is 4.79 Å². The first-order chi connectivity index (χ1) is 6.83. The van der Waals surface area contributed by atoms with E-state index in [0.717, 1.165) is 18.8 Å². The van der Waals surface area contributed by atoms with Gasteiger partial charge in [-0.2, -0.15) is 24.4 Å². The average Bonchev–Trinajstić information content (AvgIpc) is 2.13. The second-order valence-electron chi connectivity index (χ2n) is 5.06. The monoisotopic (exact) mass is 247 g/mol. The summed E-state index contributed by atoms with van der Waals surface area (Å²) in [6.07, 6.45) is 0. The van der Waals surface area contributed by atoms with E-state index in [1.165, 1.54) is 0 Å². The van der Waals surface area contributed by atoms with E-state index in [9.17, 15) is 4.79 Å². The fraction of sp³-hybridized carbons (Fsp3) is 0.909. The maximum Gasteiger partial charge on any atom is 0.235 e. The molecule has 0 radical (unpaired) electrons. The third-order valence-corrected chi connectivity index (χ3v) is 4.74. The van der Waals surface area contributed by atoms with Gasteiger partial charge in [0.15, 0.2) is 0 Å². The van der Waals surface area contributed by atoms with E-state index in [0.29, 0.717) is 5.92 Å². The van der Waals surface area contributed by atoms with Crippen molar-refractivity contribution in [3.05, 3.63) is 0 Å². The Hall–Kier alpha value is 0.170. The van der Waals surface area contributed by atoms with Crippen LogP contribution < -0.4 is 0 Å². The van der Waals surface area contributed by atoms with Crippen LogP contribution in [0.15, 0.2) is 0 Å². The SMILES string of the molecule is CC(C)C(S)C(=O)N1CCSC(C)(C)C1. The molecule has 1 atom stereocenters. The highest BCUT2D eigenvalue weighted by Crippen LogP contribution is 2.30. The quantitative estimate of drug-likeness (QED) is 0.756. The summed E-state index contributed by atoms with van der Waals surface area (Å²) in [5, 5.41) is -0.149. The van der Waals surface area contributed by atoms with Gasteiger partial charge in [0, 0.05) is 23.6 Å². The van der Waals surface area contributed by atoms with Crippen LogP contribution in [0.3, 0.4) is 0 Å². The Morgan fingerprint density at radius 3 is 2.53 bits per heavy atom. The van der Waals surface area contributed by atoms with E-state index < -0.39 is 0 Å². The van der Waals surface area contributed by atoms with Crippen LogP contribution in [0.4, 0.5) is 0 Å². The predicted octanol–water partition coefficient (Wildman–Crippen LogP) is 2.29. The summed E-state index contributed by atoms with van der Waals surface area (Å²) in [5.41, 5.74) is 0. The van der Waals surface area contributed by atoms with Crippen molar-refractivity contribution >= 4 is 30.3 Å². The van der Waals surface area contributed by atoms with Gasteiger partial charge in [-0.25, -0.2) is 0 Å². The summed E-state index contributed by atoms with van der Waals surface area (Å²) in [6.45, 7) is 10.2. The van der Waals surface area contributed by atoms with Crippen molar-refractivity contribution < 1.29 is 4.79 Å². The maximum absolute atomic E-state index is 12.1. The van der Waals surface area contributed by atoms with Crippen LogP contribution in [0.1, 0.15) is 27.7 Å². The highest BCUT2D eigenvalue weighted by atomic mass is 32.2. The normalized spacial score (nSPS) is 22.9. The molecule has 0 aromatic heterocycles. The molecule has 0 aromatic rings. The van der Waals surface area contributed by atoms with Crippen molar-refractivity contribution in [3.63, 3.8) is 0 Å². The molecule has 0 bridgehead atoms. The zero-order valence-corrected chi connectivity index (χ0v) is 11.7. The number of hydrogen-bond donors (Lipinski definition) is 1. The molecule has 1 unspecified atom stereocenters. The Balaban J connectivity index is 2.60. The van der Waals surface area contributed by atoms with Gasteiger partial charge in [-0.05, 0) is 19.8 Å². The number of carbonyl (C=O) groups is 1. The molecule has 1 amide bonds. The Labute approximate surface area is 103 Å². The molecule has 0 aliphatic carbocycles. The van der Waals surface area contributed by atoms with Crippen LogP contribution in [0, 0.1) is 5.92 Å². The lowest BCUT2D eigenvalue weighted by atomic mass is 10.1. The molecular weight excluding hydrogens is 226 g/mol. The second-order valence-corrected chi connectivity index (χ2v) is 7.42. The fourth-order valence-electron chi connectivity index (χ4n) is 1.68. The van der Waals surface area contributed by atoms with Crippen molar-refractivity contribution in [2.75, 3.05) is 18.8 Å². The molecule has 0 N–H and O–H groups in total. The number of carbonyl (C=O) groups excluding carboxylic acids is 1. The first-order valence-electron chi connectivity index (χ1n) is 5.44. The molecule has 0 aromatic carbocycles. The molecule has 0 spiro atoms. The minimum atomic E-state index is -0.149. The lowest BCUT2D eigenvalue weighted by Crippen LogP contribution is -2.49. The van der Waals surface area contributed by atoms with Crippen LogP contribution in [0.5, 0.6) is 0 Å². The van der Waals surface area contributed by atoms with Gasteiger partial charge in [0.25, 0.3) is 0 Å². The van der Waals surface area contributed by atoms with Crippen LogP contribution >= 0.6 is 24.4 Å². The zero-order valence-electron chi connectivity index (χ0n) is 9.99. The first kappa shape index (κ1) is 13.2. The van der Waals surface area contributed by atoms with Crippen molar-refractivity contribution in [1.29, 1.82) is 0 Å². The van der Waals surface area contributed by atoms with Gasteiger partial charge in [0.2, 0.25) is 5.91 Å². The van der Waals surface area contributed by atoms with Gasteiger partial charge in [0.05, 0.1) is 5.25 Å². The number of thioether (sulfide) groups is 1. The molecule has 1 aliphatic heterocycles. The molecule has 1 saturated heterocycles. The Morgan fingerprint density at radius 1 is 1.47 bits per heavy atom. The highest BCUT2D eigenvalue weighted by Gasteiger charge is 2.32. The zero-order chi connectivity index (χ0) is 11.6. The predicted molar refractivity (Wildman–Crippen MR) is 70.7 cm³/mol. The van der Waals surface area contributed by atoms with Gasteiger partial charge >= 0.3 is 0 Å². The summed E-state index contributed by atoms with van der Waals surface area (Å²) in [4.78, 5) is 14.0. The van der Waals surface area contributed by atoms with Gasteiger partial charge in [-0.1, -0.05) is 13.8 Å². The third kappa shape index (κ3) is 3.59. The summed E-state index contributed by atoms with van der Waals surface area (Å²) in [7, 11) is 0. The van der Waals surface area contributed by atoms with Crippen molar-refractivity contribution in [3.8, 4) is 0 Å². The molecule has 1 rings (SSSR count). The molecule has 1 fully saturated rings. The molecule has 15 heavy (non-hydrogen) atoms. The minimum absolute atomic E-state index is 0.149. The highest BCUT2D eigenvalue weighted by molar-refractivity contribution is 8.00. The second kappa shape index (κ2) is 5.00. The molecule has 0 saturated carbocycles. The lowest BCUT2D eigenvalue weighted by Gasteiger charge is -2.39. The largest absolute Gasteiger partial charge is 0.340 e. The molecule has 1 heterocycles. The maximum atomic E-state index is 12.1. The van der Waals surface area contributed by atoms with Crippen LogP contribution in [0.25, 0.3) is 0 Å². The van der Waals surface area contributed by atoms with Crippen LogP contribution in [0.2, 0.25) is 0 Å². The van der Waals surface area contributed by atoms with E-state index in [4.69, 9.17) is 0 Å². The van der Waals surface area contributed by atoms with Gasteiger partial charge < -0.3 is 4.90 Å². The van der Waals surface area contributed by atoms with Gasteiger partial charge in [-0.15, -0.1) is 0 Å². The summed E-state index contributed by atoms with van der Waals surface area (Å²) in [5.74, 6) is 1.54. The fourth-order valence-corrected chi connectivity index (χ4v) is 2.95. The van der Waals surface area contributed by atoms with E-state index in [-0.39, 0.29) is 15.9 Å². The molecule has 2 nitrogen and oxygen atoms in total. The molecule has 88 valence electrons. The smallest absolute Gasteiger partial charge is 0.235 e. The molecule has 4 heteroatoms. The molecular formula is C11H21NOS2. The number of hydrogen-bond acceptors (Lipinski definition) is 3. The van der Waals surface area contributed by atoms with E-state index in [1.807, 2.05) is 30.5 Å². The summed E-state index contributed by atoms with van der Waals surface area (Å²) >= 11 is 6.33. The van der Waals surface area contributed by atoms with Crippen LogP contribution in [-0.2, 0) is 4.79 Å². The first-order valence-corrected chi connectivity index (χ1v) is 6.94. The van der Waals surface area contributed by atoms with E-state index >= 15 is 0 Å². The van der Waals surface area contributed by atoms with Crippen molar-refractivity contribution in [2.24, 2.45) is 5.92 Å². The number of amides is 1. The lowest BCUT2D eigenvalue weighted by molar-refractivity contribution is -0.131. The van der Waals surface area contributed by atoms with Gasteiger partial charge in [0.1, 0.15) is 0 Å². The summed E-state index contributed by atoms with van der Waals surface area (Å²) < 4.78 is 0.193. The van der Waals surface area contributed by atoms with E-state index in [2.05, 4.69) is 26.5 Å². The summed E-state index contributed by atoms with van der Waals surface area (Å²) in [6, 6.07) is 0. The molecule has 1 aliphatic rings. The number of nitrogens with zero attached hydrogens (tertiary/aromatic N) is 1. The average molecular weight is 247 g/mol. The third-order valence-electron chi connectivity index (χ3n) is 2.62. The Kier molecular flexibility index (Phi) is 4.41.